The smallest absolute Gasteiger partial charge is 0.180 e. The van der Waals surface area contributed by atoms with E-state index in [1.54, 1.807) is 6.08 Å². The summed E-state index contributed by atoms with van der Waals surface area (Å²) in [6, 6.07) is 35.9. The summed E-state index contributed by atoms with van der Waals surface area (Å²) in [5.41, 5.74) is 7.20. The summed E-state index contributed by atoms with van der Waals surface area (Å²) in [5.74, 6) is 2.29. The van der Waals surface area contributed by atoms with Crippen molar-refractivity contribution in [1.82, 2.24) is 24.9 Å². The van der Waals surface area contributed by atoms with Crippen LogP contribution in [0.25, 0.3) is 73.1 Å². The number of furan rings is 1. The Morgan fingerprint density at radius 2 is 1.23 bits per heavy atom. The van der Waals surface area contributed by atoms with E-state index in [2.05, 4.69) is 6.58 Å². The van der Waals surface area contributed by atoms with E-state index in [0.717, 1.165) is 44.4 Å². The van der Waals surface area contributed by atoms with Crippen LogP contribution in [-0.4, -0.2) is 24.9 Å². The number of nitrogens with zero attached hydrogens (tertiary/aromatic N) is 5. The third-order valence-electron chi connectivity index (χ3n) is 7.26. The van der Waals surface area contributed by atoms with Crippen molar-refractivity contribution in [3.63, 3.8) is 0 Å². The second-order valence-electron chi connectivity index (χ2n) is 10.1. The summed E-state index contributed by atoms with van der Waals surface area (Å²) in [4.78, 5) is 24.6. The predicted molar refractivity (Wildman–Crippen MR) is 177 cm³/mol. The Balaban J connectivity index is 1.46. The van der Waals surface area contributed by atoms with Gasteiger partial charge in [-0.05, 0) is 25.1 Å². The van der Waals surface area contributed by atoms with E-state index in [1.807, 2.05) is 134 Å². The molecule has 0 aliphatic carbocycles. The van der Waals surface area contributed by atoms with Crippen LogP contribution in [0.3, 0.4) is 0 Å². The molecule has 0 amide bonds. The molecule has 3 heterocycles. The van der Waals surface area contributed by atoms with Crippen LogP contribution in [0.1, 0.15) is 12.7 Å². The minimum absolute atomic E-state index is 0.541. The van der Waals surface area contributed by atoms with E-state index in [1.165, 1.54) is 0 Å². The molecule has 3 aromatic heterocycles. The van der Waals surface area contributed by atoms with Gasteiger partial charge in [0.1, 0.15) is 16.8 Å². The number of rotatable bonds is 7. The highest BCUT2D eigenvalue weighted by atomic mass is 16.3. The highest BCUT2D eigenvalue weighted by Gasteiger charge is 2.20. The van der Waals surface area contributed by atoms with Crippen LogP contribution in [0.15, 0.2) is 144 Å². The molecule has 6 nitrogen and oxygen atoms in total. The van der Waals surface area contributed by atoms with Gasteiger partial charge in [0.2, 0.25) is 0 Å². The molecule has 210 valence electrons. The van der Waals surface area contributed by atoms with Crippen molar-refractivity contribution in [2.24, 2.45) is 0 Å². The van der Waals surface area contributed by atoms with Gasteiger partial charge in [-0.2, -0.15) is 0 Å². The van der Waals surface area contributed by atoms with Crippen LogP contribution in [0.5, 0.6) is 0 Å². The van der Waals surface area contributed by atoms with Crippen molar-refractivity contribution in [3.8, 4) is 45.4 Å². The molecule has 0 saturated heterocycles. The molecule has 0 bridgehead atoms. The molecule has 0 aliphatic rings. The van der Waals surface area contributed by atoms with Gasteiger partial charge in [0, 0.05) is 33.2 Å². The summed E-state index contributed by atoms with van der Waals surface area (Å²) in [6.45, 7) is 5.96. The number of benzene rings is 4. The fourth-order valence-electron chi connectivity index (χ4n) is 5.08. The number of hydrogen-bond acceptors (Lipinski definition) is 6. The van der Waals surface area contributed by atoms with Crippen LogP contribution >= 0.6 is 0 Å². The molecule has 0 spiro atoms. The Morgan fingerprint density at radius 3 is 1.84 bits per heavy atom. The molecular weight excluding hydrogens is 542 g/mol. The summed E-state index contributed by atoms with van der Waals surface area (Å²) < 4.78 is 6.43. The first-order chi connectivity index (χ1) is 21.7. The lowest BCUT2D eigenvalue weighted by Gasteiger charge is -2.08. The van der Waals surface area contributed by atoms with Gasteiger partial charge in [0.25, 0.3) is 0 Å². The van der Waals surface area contributed by atoms with Gasteiger partial charge in [-0.15, -0.1) is 0 Å². The quantitative estimate of drug-likeness (QED) is 0.178. The Bertz CT molecular complexity index is 2180. The summed E-state index contributed by atoms with van der Waals surface area (Å²) in [7, 11) is 0. The topological polar surface area (TPSA) is 77.6 Å². The van der Waals surface area contributed by atoms with E-state index in [0.29, 0.717) is 34.5 Å². The molecule has 0 N–H and O–H groups in total. The van der Waals surface area contributed by atoms with Gasteiger partial charge in [-0.3, -0.25) is 0 Å². The zero-order valence-electron chi connectivity index (χ0n) is 24.1. The lowest BCUT2D eigenvalue weighted by atomic mass is 10.1. The zero-order valence-corrected chi connectivity index (χ0v) is 24.1. The highest BCUT2D eigenvalue weighted by Crippen LogP contribution is 2.37. The van der Waals surface area contributed by atoms with Gasteiger partial charge in [-0.25, -0.2) is 24.9 Å². The molecule has 4 aromatic carbocycles. The second kappa shape index (κ2) is 11.7. The van der Waals surface area contributed by atoms with Crippen molar-refractivity contribution in [3.05, 3.63) is 146 Å². The van der Waals surface area contributed by atoms with E-state index >= 15 is 0 Å². The summed E-state index contributed by atoms with van der Waals surface area (Å²) >= 11 is 0. The lowest BCUT2D eigenvalue weighted by Crippen LogP contribution is -2.02. The molecule has 44 heavy (non-hydrogen) atoms. The van der Waals surface area contributed by atoms with Gasteiger partial charge < -0.3 is 4.42 Å². The Hall–Kier alpha value is -6.01. The van der Waals surface area contributed by atoms with E-state index < -0.39 is 0 Å². The molecule has 7 aromatic rings. The number of hydrogen-bond donors (Lipinski definition) is 0. The molecular formula is C38H27N5O. The van der Waals surface area contributed by atoms with Crippen molar-refractivity contribution in [2.45, 2.75) is 6.92 Å². The molecule has 0 fully saturated rings. The third kappa shape index (κ3) is 5.10. The highest BCUT2D eigenvalue weighted by molar-refractivity contribution is 6.08. The SMILES string of the molecule is C=C/C(=C\C=C/C)c1nc(-c2ccccc2)nc(-c2ccc3oc4c(-c5ccccc5)nc(-c5ccccc5)nc4c3c2)n1. The van der Waals surface area contributed by atoms with Crippen LogP contribution in [-0.2, 0) is 0 Å². The van der Waals surface area contributed by atoms with Crippen molar-refractivity contribution in [2.75, 3.05) is 0 Å². The van der Waals surface area contributed by atoms with Crippen molar-refractivity contribution < 1.29 is 4.42 Å². The average Bonchev–Trinajstić information content (AvgIpc) is 3.47. The molecule has 7 rings (SSSR count). The van der Waals surface area contributed by atoms with E-state index in [9.17, 15) is 0 Å². The van der Waals surface area contributed by atoms with Crippen LogP contribution in [0.2, 0.25) is 0 Å². The maximum absolute atomic E-state index is 6.43. The maximum Gasteiger partial charge on any atom is 0.180 e. The number of allylic oxidation sites excluding steroid dienone is 5. The molecule has 0 radical (unpaired) electrons. The molecule has 0 saturated carbocycles. The molecule has 6 heteroatoms. The van der Waals surface area contributed by atoms with Crippen LogP contribution < -0.4 is 0 Å². The molecule has 0 aliphatic heterocycles. The van der Waals surface area contributed by atoms with Crippen LogP contribution in [0.4, 0.5) is 0 Å². The fourth-order valence-corrected chi connectivity index (χ4v) is 5.08. The van der Waals surface area contributed by atoms with Gasteiger partial charge in [0.05, 0.1) is 0 Å². The lowest BCUT2D eigenvalue weighted by molar-refractivity contribution is 0.667. The van der Waals surface area contributed by atoms with Gasteiger partial charge in [-0.1, -0.05) is 122 Å². The standard InChI is InChI=1S/C38H27N5O/c1-3-5-15-25(4-2)35-41-37(28-20-13-8-14-21-28)43-38(42-35)29-22-23-31-30(24-29)33-34(44-31)32(26-16-9-6-10-17-26)39-36(40-33)27-18-11-7-12-19-27/h3-24H,2H2,1H3/b5-3-,25-15+. The monoisotopic (exact) mass is 569 g/mol. The largest absolute Gasteiger partial charge is 0.452 e. The second-order valence-corrected chi connectivity index (χ2v) is 10.1. The zero-order chi connectivity index (χ0) is 29.9. The van der Waals surface area contributed by atoms with Crippen molar-refractivity contribution >= 4 is 27.6 Å². The van der Waals surface area contributed by atoms with E-state index in [-0.39, 0.29) is 0 Å². The minimum atomic E-state index is 0.541. The maximum atomic E-state index is 6.43. The number of fused-ring (bicyclic) bond motifs is 3. The average molecular weight is 570 g/mol. The Morgan fingerprint density at radius 1 is 0.636 bits per heavy atom. The third-order valence-corrected chi connectivity index (χ3v) is 7.26. The van der Waals surface area contributed by atoms with Crippen molar-refractivity contribution in [1.29, 1.82) is 0 Å². The normalized spacial score (nSPS) is 11.9. The Labute approximate surface area is 254 Å². The summed E-state index contributed by atoms with van der Waals surface area (Å²) in [6.07, 6.45) is 7.60. The minimum Gasteiger partial charge on any atom is -0.452 e. The fraction of sp³-hybridized carbons (Fsp3) is 0.0263. The van der Waals surface area contributed by atoms with Crippen LogP contribution in [0, 0.1) is 0 Å². The molecule has 0 unspecified atom stereocenters. The first-order valence-corrected chi connectivity index (χ1v) is 14.3. The first-order valence-electron chi connectivity index (χ1n) is 14.3. The van der Waals surface area contributed by atoms with Gasteiger partial charge in [0.15, 0.2) is 28.9 Å². The predicted octanol–water partition coefficient (Wildman–Crippen LogP) is 9.37. The number of aromatic nitrogens is 5. The Kier molecular flexibility index (Phi) is 7.14. The first kappa shape index (κ1) is 26.9. The van der Waals surface area contributed by atoms with Gasteiger partial charge >= 0.3 is 0 Å². The summed E-state index contributed by atoms with van der Waals surface area (Å²) in [5, 5.41) is 0.853. The molecule has 0 atom stereocenters. The van der Waals surface area contributed by atoms with E-state index in [4.69, 9.17) is 29.3 Å².